The lowest BCUT2D eigenvalue weighted by Gasteiger charge is -2.40. The van der Waals surface area contributed by atoms with E-state index >= 15 is 0 Å². The van der Waals surface area contributed by atoms with Crippen LogP contribution >= 0.6 is 11.6 Å². The summed E-state index contributed by atoms with van der Waals surface area (Å²) in [6.07, 6.45) is 9.08. The van der Waals surface area contributed by atoms with Crippen LogP contribution in [-0.2, 0) is 0 Å². The zero-order valence-electron chi connectivity index (χ0n) is 11.2. The molecule has 2 nitrogen and oxygen atoms in total. The molecule has 0 N–H and O–H groups in total. The molecular weight excluding hydrogens is 258 g/mol. The van der Waals surface area contributed by atoms with Gasteiger partial charge >= 0.3 is 0 Å². The van der Waals surface area contributed by atoms with Gasteiger partial charge in [-0.05, 0) is 49.3 Å². The van der Waals surface area contributed by atoms with Gasteiger partial charge in [-0.1, -0.05) is 24.4 Å². The number of halogens is 1. The van der Waals surface area contributed by atoms with E-state index in [4.69, 9.17) is 11.6 Å². The van der Waals surface area contributed by atoms with E-state index in [1.807, 2.05) is 12.1 Å². The van der Waals surface area contributed by atoms with Gasteiger partial charge in [0, 0.05) is 29.4 Å². The second-order valence-corrected chi connectivity index (χ2v) is 6.45. The van der Waals surface area contributed by atoms with Gasteiger partial charge in [-0.25, -0.2) is 0 Å². The summed E-state index contributed by atoms with van der Waals surface area (Å²) < 4.78 is 0. The summed E-state index contributed by atoms with van der Waals surface area (Å²) in [5, 5.41) is 0.634. The maximum atomic E-state index is 11.2. The Bertz CT molecular complexity index is 470. The Hall–Kier alpha value is -1.02. The highest BCUT2D eigenvalue weighted by Crippen LogP contribution is 2.46. The largest absolute Gasteiger partial charge is 0.371 e. The number of benzene rings is 1. The Morgan fingerprint density at radius 2 is 1.79 bits per heavy atom. The predicted molar refractivity (Wildman–Crippen MR) is 79.2 cm³/mol. The molecule has 3 rings (SSSR count). The fraction of sp³-hybridized carbons (Fsp3) is 0.562. The molecule has 0 amide bonds. The topological polar surface area (TPSA) is 20.3 Å². The molecule has 1 aliphatic carbocycles. The third-order valence-electron chi connectivity index (χ3n) is 4.95. The van der Waals surface area contributed by atoms with Crippen molar-refractivity contribution in [3.05, 3.63) is 28.8 Å². The van der Waals surface area contributed by atoms with Crippen LogP contribution in [-0.4, -0.2) is 19.4 Å². The van der Waals surface area contributed by atoms with Gasteiger partial charge in [0.15, 0.2) is 6.29 Å². The highest BCUT2D eigenvalue weighted by atomic mass is 35.5. The van der Waals surface area contributed by atoms with Crippen LogP contribution in [0.15, 0.2) is 18.2 Å². The lowest BCUT2D eigenvalue weighted by atomic mass is 9.77. The average molecular weight is 278 g/mol. The first kappa shape index (κ1) is 13.0. The van der Waals surface area contributed by atoms with Crippen molar-refractivity contribution in [1.29, 1.82) is 0 Å². The number of carbonyl (C=O) groups is 1. The molecule has 1 aliphatic heterocycles. The fourth-order valence-electron chi connectivity index (χ4n) is 3.75. The van der Waals surface area contributed by atoms with Crippen LogP contribution in [0.1, 0.15) is 48.9 Å². The summed E-state index contributed by atoms with van der Waals surface area (Å²) in [6.45, 7) is 2.14. The number of aldehydes is 1. The van der Waals surface area contributed by atoms with Crippen LogP contribution in [0.4, 0.5) is 5.69 Å². The highest BCUT2D eigenvalue weighted by molar-refractivity contribution is 6.31. The van der Waals surface area contributed by atoms with E-state index in [9.17, 15) is 4.79 Å². The summed E-state index contributed by atoms with van der Waals surface area (Å²) >= 11 is 5.96. The van der Waals surface area contributed by atoms with Gasteiger partial charge in [-0.3, -0.25) is 4.79 Å². The molecule has 19 heavy (non-hydrogen) atoms. The first-order valence-corrected chi connectivity index (χ1v) is 7.60. The smallest absolute Gasteiger partial charge is 0.152 e. The van der Waals surface area contributed by atoms with Gasteiger partial charge in [0.05, 0.1) is 0 Å². The molecule has 3 heteroatoms. The molecule has 102 valence electrons. The van der Waals surface area contributed by atoms with Crippen LogP contribution in [0.3, 0.4) is 0 Å². The Balaban J connectivity index is 1.76. The first-order chi connectivity index (χ1) is 9.22. The molecule has 1 saturated carbocycles. The molecule has 1 heterocycles. The van der Waals surface area contributed by atoms with E-state index in [0.29, 0.717) is 10.4 Å². The SMILES string of the molecule is O=Cc1cc(Cl)ccc1N1CCC2(CCCC2)CC1. The van der Waals surface area contributed by atoms with Crippen molar-refractivity contribution in [2.24, 2.45) is 5.41 Å². The minimum Gasteiger partial charge on any atom is -0.371 e. The summed E-state index contributed by atoms with van der Waals surface area (Å²) in [5.41, 5.74) is 2.38. The molecule has 1 saturated heterocycles. The molecule has 2 aliphatic rings. The highest BCUT2D eigenvalue weighted by Gasteiger charge is 2.37. The maximum absolute atomic E-state index is 11.2. The van der Waals surface area contributed by atoms with E-state index in [1.54, 1.807) is 6.07 Å². The van der Waals surface area contributed by atoms with Crippen molar-refractivity contribution in [3.63, 3.8) is 0 Å². The molecule has 1 aromatic carbocycles. The van der Waals surface area contributed by atoms with Gasteiger partial charge in [-0.2, -0.15) is 0 Å². The number of nitrogens with zero attached hydrogens (tertiary/aromatic N) is 1. The van der Waals surface area contributed by atoms with Crippen LogP contribution in [0.5, 0.6) is 0 Å². The maximum Gasteiger partial charge on any atom is 0.152 e. The van der Waals surface area contributed by atoms with Crippen LogP contribution < -0.4 is 4.90 Å². The van der Waals surface area contributed by atoms with Crippen molar-refractivity contribution >= 4 is 23.6 Å². The van der Waals surface area contributed by atoms with Crippen molar-refractivity contribution in [2.45, 2.75) is 38.5 Å². The van der Waals surface area contributed by atoms with Crippen molar-refractivity contribution in [1.82, 2.24) is 0 Å². The zero-order chi connectivity index (χ0) is 13.3. The van der Waals surface area contributed by atoms with Crippen molar-refractivity contribution in [2.75, 3.05) is 18.0 Å². The Kier molecular flexibility index (Phi) is 3.53. The minimum absolute atomic E-state index is 0.615. The summed E-state index contributed by atoms with van der Waals surface area (Å²) in [6, 6.07) is 5.63. The molecule has 1 aromatic rings. The second kappa shape index (κ2) is 5.16. The number of hydrogen-bond donors (Lipinski definition) is 0. The molecule has 0 bridgehead atoms. The van der Waals surface area contributed by atoms with E-state index in [1.165, 1.54) is 38.5 Å². The monoisotopic (exact) mass is 277 g/mol. The van der Waals surface area contributed by atoms with Crippen molar-refractivity contribution in [3.8, 4) is 0 Å². The zero-order valence-corrected chi connectivity index (χ0v) is 12.0. The van der Waals surface area contributed by atoms with Crippen molar-refractivity contribution < 1.29 is 4.79 Å². The van der Waals surface area contributed by atoms with E-state index in [-0.39, 0.29) is 0 Å². The summed E-state index contributed by atoms with van der Waals surface area (Å²) in [4.78, 5) is 13.5. The quantitative estimate of drug-likeness (QED) is 0.751. The number of anilines is 1. The summed E-state index contributed by atoms with van der Waals surface area (Å²) in [5.74, 6) is 0. The van der Waals surface area contributed by atoms with Gasteiger partial charge in [0.1, 0.15) is 0 Å². The van der Waals surface area contributed by atoms with Crippen LogP contribution in [0, 0.1) is 5.41 Å². The van der Waals surface area contributed by atoms with Gasteiger partial charge < -0.3 is 4.90 Å². The molecular formula is C16H20ClNO. The second-order valence-electron chi connectivity index (χ2n) is 6.02. The molecule has 0 atom stereocenters. The van der Waals surface area contributed by atoms with Gasteiger partial charge in [0.2, 0.25) is 0 Å². The van der Waals surface area contributed by atoms with E-state index in [2.05, 4.69) is 4.90 Å². The van der Waals surface area contributed by atoms with Gasteiger partial charge in [0.25, 0.3) is 0 Å². The molecule has 1 spiro atoms. The number of piperidine rings is 1. The fourth-order valence-corrected chi connectivity index (χ4v) is 3.94. The molecule has 0 radical (unpaired) electrons. The Morgan fingerprint density at radius 1 is 1.11 bits per heavy atom. The lowest BCUT2D eigenvalue weighted by molar-refractivity contribution is 0.112. The predicted octanol–water partition coefficient (Wildman–Crippen LogP) is 4.31. The third kappa shape index (κ3) is 2.51. The lowest BCUT2D eigenvalue weighted by Crippen LogP contribution is -2.39. The third-order valence-corrected chi connectivity index (χ3v) is 5.18. The van der Waals surface area contributed by atoms with E-state index < -0.39 is 0 Å². The number of rotatable bonds is 2. The number of carbonyl (C=O) groups excluding carboxylic acids is 1. The first-order valence-electron chi connectivity index (χ1n) is 7.22. The minimum atomic E-state index is 0.615. The Labute approximate surface area is 119 Å². The molecule has 0 unspecified atom stereocenters. The van der Waals surface area contributed by atoms with Crippen LogP contribution in [0.2, 0.25) is 5.02 Å². The molecule has 0 aromatic heterocycles. The molecule has 2 fully saturated rings. The Morgan fingerprint density at radius 3 is 2.42 bits per heavy atom. The normalized spacial score (nSPS) is 21.8. The van der Waals surface area contributed by atoms with Crippen LogP contribution in [0.25, 0.3) is 0 Å². The summed E-state index contributed by atoms with van der Waals surface area (Å²) in [7, 11) is 0. The van der Waals surface area contributed by atoms with E-state index in [0.717, 1.165) is 30.6 Å². The average Bonchev–Trinajstić information content (AvgIpc) is 2.88. The standard InChI is InChI=1S/C16H20ClNO/c17-14-3-4-15(13(11-14)12-19)18-9-7-16(8-10-18)5-1-2-6-16/h3-4,11-12H,1-2,5-10H2. The number of hydrogen-bond acceptors (Lipinski definition) is 2. The van der Waals surface area contributed by atoms with Gasteiger partial charge in [-0.15, -0.1) is 0 Å².